The molecule has 0 bridgehead atoms. The Morgan fingerprint density at radius 2 is 1.91 bits per heavy atom. The van der Waals surface area contributed by atoms with E-state index in [2.05, 4.69) is 41.4 Å². The van der Waals surface area contributed by atoms with Crippen LogP contribution in [0.3, 0.4) is 0 Å². The number of H-pyrrole nitrogens is 1. The molecule has 2 heterocycles. The van der Waals surface area contributed by atoms with Gasteiger partial charge in [0.05, 0.1) is 12.1 Å². The fraction of sp³-hybridized carbons (Fsp3) is 0.407. The molecule has 1 amide bonds. The summed E-state index contributed by atoms with van der Waals surface area (Å²) in [5.74, 6) is 0.111. The van der Waals surface area contributed by atoms with Crippen LogP contribution in [0.1, 0.15) is 71.5 Å². The highest BCUT2D eigenvalue weighted by molar-refractivity contribution is 6.00. The molecular weight excluding hydrogens is 414 g/mol. The minimum atomic E-state index is -0.272. The van der Waals surface area contributed by atoms with Gasteiger partial charge >= 0.3 is 0 Å². The smallest absolute Gasteiger partial charge is 0.273 e. The first-order valence-corrected chi connectivity index (χ1v) is 11.7. The summed E-state index contributed by atoms with van der Waals surface area (Å²) in [5.41, 5.74) is 6.84. The Balaban J connectivity index is 1.79. The summed E-state index contributed by atoms with van der Waals surface area (Å²) in [6, 6.07) is 11.9. The molecule has 0 fully saturated rings. The molecule has 6 heteroatoms. The molecule has 0 aliphatic carbocycles. The average Bonchev–Trinajstić information content (AvgIpc) is 3.30. The van der Waals surface area contributed by atoms with Crippen LogP contribution in [0.15, 0.2) is 36.4 Å². The number of hydrogen-bond donors (Lipinski definition) is 2. The van der Waals surface area contributed by atoms with Crippen molar-refractivity contribution in [3.63, 3.8) is 0 Å². The maximum atomic E-state index is 13.5. The highest BCUT2D eigenvalue weighted by atomic mass is 16.5. The molecule has 1 unspecified atom stereocenters. The van der Waals surface area contributed by atoms with E-state index >= 15 is 0 Å². The lowest BCUT2D eigenvalue weighted by Crippen LogP contribution is -2.31. The largest absolute Gasteiger partial charge is 0.507 e. The summed E-state index contributed by atoms with van der Waals surface area (Å²) >= 11 is 0. The van der Waals surface area contributed by atoms with Gasteiger partial charge in [-0.1, -0.05) is 37.3 Å². The SMILES string of the molecule is CCc1ccc(C2c3c(-c4c(C)cc(C)cc4O)n[nH]c3C(=O)N2CCCOC(C)C)cc1. The van der Waals surface area contributed by atoms with Crippen LogP contribution in [-0.4, -0.2) is 45.4 Å². The number of aryl methyl sites for hydroxylation is 3. The zero-order valence-electron chi connectivity index (χ0n) is 20.1. The molecule has 0 saturated heterocycles. The topological polar surface area (TPSA) is 78.5 Å². The fourth-order valence-corrected chi connectivity index (χ4v) is 4.71. The van der Waals surface area contributed by atoms with Gasteiger partial charge in [-0.05, 0) is 68.9 Å². The Morgan fingerprint density at radius 1 is 1.18 bits per heavy atom. The van der Waals surface area contributed by atoms with Crippen molar-refractivity contribution in [1.82, 2.24) is 15.1 Å². The van der Waals surface area contributed by atoms with Gasteiger partial charge in [0, 0.05) is 24.3 Å². The van der Waals surface area contributed by atoms with Gasteiger partial charge in [0.1, 0.15) is 17.1 Å². The summed E-state index contributed by atoms with van der Waals surface area (Å²) in [5, 5.41) is 18.3. The minimum absolute atomic E-state index is 0.0675. The zero-order valence-corrected chi connectivity index (χ0v) is 20.1. The first-order chi connectivity index (χ1) is 15.8. The lowest BCUT2D eigenvalue weighted by atomic mass is 9.92. The lowest BCUT2D eigenvalue weighted by Gasteiger charge is -2.27. The number of phenols is 1. The number of aromatic nitrogens is 2. The molecular formula is C27H33N3O3. The molecule has 2 aromatic carbocycles. The number of ether oxygens (including phenoxy) is 1. The number of carbonyl (C=O) groups excluding carboxylic acids is 1. The van der Waals surface area contributed by atoms with Crippen LogP contribution in [-0.2, 0) is 11.2 Å². The Hall–Kier alpha value is -3.12. The van der Waals surface area contributed by atoms with Crippen LogP contribution in [0, 0.1) is 13.8 Å². The van der Waals surface area contributed by atoms with Crippen LogP contribution < -0.4 is 0 Å². The van der Waals surface area contributed by atoms with Crippen LogP contribution in [0.25, 0.3) is 11.3 Å². The number of phenolic OH excluding ortho intramolecular Hbond substituents is 1. The molecule has 1 aliphatic rings. The van der Waals surface area contributed by atoms with E-state index in [0.29, 0.717) is 30.1 Å². The average molecular weight is 448 g/mol. The maximum absolute atomic E-state index is 13.5. The van der Waals surface area contributed by atoms with Crippen LogP contribution >= 0.6 is 0 Å². The van der Waals surface area contributed by atoms with Crippen molar-refractivity contribution >= 4 is 5.91 Å². The van der Waals surface area contributed by atoms with E-state index in [0.717, 1.165) is 35.1 Å². The van der Waals surface area contributed by atoms with Crippen molar-refractivity contribution in [3.05, 3.63) is 69.9 Å². The van der Waals surface area contributed by atoms with E-state index in [1.165, 1.54) is 5.56 Å². The van der Waals surface area contributed by atoms with Crippen molar-refractivity contribution in [1.29, 1.82) is 0 Å². The third kappa shape index (κ3) is 4.40. The first-order valence-electron chi connectivity index (χ1n) is 11.7. The second-order valence-corrected chi connectivity index (χ2v) is 9.11. The summed E-state index contributed by atoms with van der Waals surface area (Å²) in [4.78, 5) is 15.4. The number of amides is 1. The van der Waals surface area contributed by atoms with E-state index in [9.17, 15) is 9.90 Å². The molecule has 0 spiro atoms. The number of carbonyl (C=O) groups is 1. The van der Waals surface area contributed by atoms with Crippen molar-refractivity contribution in [2.24, 2.45) is 0 Å². The van der Waals surface area contributed by atoms with E-state index < -0.39 is 0 Å². The third-order valence-corrected chi connectivity index (χ3v) is 6.26. The Morgan fingerprint density at radius 3 is 2.55 bits per heavy atom. The quantitative estimate of drug-likeness (QED) is 0.458. The van der Waals surface area contributed by atoms with E-state index in [1.54, 1.807) is 6.07 Å². The lowest BCUT2D eigenvalue weighted by molar-refractivity contribution is 0.0601. The van der Waals surface area contributed by atoms with Crippen LogP contribution in [0.4, 0.5) is 0 Å². The van der Waals surface area contributed by atoms with Crippen molar-refractivity contribution in [2.45, 2.75) is 59.6 Å². The van der Waals surface area contributed by atoms with Gasteiger partial charge in [0.2, 0.25) is 0 Å². The number of benzene rings is 2. The predicted molar refractivity (Wildman–Crippen MR) is 130 cm³/mol. The van der Waals surface area contributed by atoms with Crippen LogP contribution in [0.5, 0.6) is 5.75 Å². The molecule has 6 nitrogen and oxygen atoms in total. The molecule has 0 saturated carbocycles. The molecule has 2 N–H and O–H groups in total. The normalized spacial score (nSPS) is 15.5. The van der Waals surface area contributed by atoms with E-state index in [-0.39, 0.29) is 23.8 Å². The summed E-state index contributed by atoms with van der Waals surface area (Å²) < 4.78 is 5.71. The summed E-state index contributed by atoms with van der Waals surface area (Å²) in [7, 11) is 0. The highest BCUT2D eigenvalue weighted by Gasteiger charge is 2.42. The van der Waals surface area contributed by atoms with Crippen molar-refractivity contribution in [2.75, 3.05) is 13.2 Å². The van der Waals surface area contributed by atoms with Gasteiger partial charge in [0.15, 0.2) is 0 Å². The number of nitrogens with zero attached hydrogens (tertiary/aromatic N) is 2. The molecule has 1 aromatic heterocycles. The molecule has 33 heavy (non-hydrogen) atoms. The Labute approximate surface area is 195 Å². The Kier molecular flexibility index (Phi) is 6.56. The van der Waals surface area contributed by atoms with Crippen molar-refractivity contribution < 1.29 is 14.6 Å². The number of aromatic amines is 1. The first kappa shape index (κ1) is 23.1. The van der Waals surface area contributed by atoms with Gasteiger partial charge in [-0.2, -0.15) is 5.10 Å². The molecule has 1 atom stereocenters. The van der Waals surface area contributed by atoms with Gasteiger partial charge in [-0.3, -0.25) is 9.89 Å². The molecule has 0 radical (unpaired) electrons. The highest BCUT2D eigenvalue weighted by Crippen LogP contribution is 2.45. The van der Waals surface area contributed by atoms with Gasteiger partial charge in [-0.25, -0.2) is 0 Å². The minimum Gasteiger partial charge on any atom is -0.507 e. The number of hydrogen-bond acceptors (Lipinski definition) is 4. The predicted octanol–water partition coefficient (Wildman–Crippen LogP) is 5.32. The fourth-order valence-electron chi connectivity index (χ4n) is 4.71. The number of rotatable bonds is 8. The number of aromatic hydroxyl groups is 1. The number of fused-ring (bicyclic) bond motifs is 1. The third-order valence-electron chi connectivity index (χ3n) is 6.26. The second kappa shape index (κ2) is 9.40. The Bertz CT molecular complexity index is 1120. The van der Waals surface area contributed by atoms with Gasteiger partial charge < -0.3 is 14.7 Å². The van der Waals surface area contributed by atoms with E-state index in [4.69, 9.17) is 4.74 Å². The maximum Gasteiger partial charge on any atom is 0.273 e. The monoisotopic (exact) mass is 447 g/mol. The van der Waals surface area contributed by atoms with Crippen molar-refractivity contribution in [3.8, 4) is 17.0 Å². The number of nitrogens with one attached hydrogen (secondary N) is 1. The molecule has 1 aliphatic heterocycles. The zero-order chi connectivity index (χ0) is 23.7. The molecule has 174 valence electrons. The summed E-state index contributed by atoms with van der Waals surface area (Å²) in [6.45, 7) is 11.2. The van der Waals surface area contributed by atoms with Crippen LogP contribution in [0.2, 0.25) is 0 Å². The molecule has 4 rings (SSSR count). The standard InChI is InChI=1S/C27H33N3O3/c1-6-19-8-10-20(11-9-19)26-23-24(22-18(5)14-17(4)15-21(22)31)28-29-25(23)27(32)30(26)12-7-13-33-16(2)3/h8-11,14-16,26,31H,6-7,12-13H2,1-5H3,(H,28,29). The van der Waals surface area contributed by atoms with Gasteiger partial charge in [0.25, 0.3) is 5.91 Å². The van der Waals surface area contributed by atoms with E-state index in [1.807, 2.05) is 38.7 Å². The second-order valence-electron chi connectivity index (χ2n) is 9.11. The van der Waals surface area contributed by atoms with Gasteiger partial charge in [-0.15, -0.1) is 0 Å². The molecule has 3 aromatic rings. The summed E-state index contributed by atoms with van der Waals surface area (Å²) in [6.07, 6.45) is 1.86.